The average Bonchev–Trinajstić information content (AvgIpc) is 2.55. The molecule has 0 aliphatic rings. The van der Waals surface area contributed by atoms with Crippen LogP contribution in [0.15, 0.2) is 64.3 Å². The van der Waals surface area contributed by atoms with Gasteiger partial charge in [0.2, 0.25) is 0 Å². The van der Waals surface area contributed by atoms with Gasteiger partial charge in [0.05, 0.1) is 29.0 Å². The van der Waals surface area contributed by atoms with Crippen molar-refractivity contribution >= 4 is 38.7 Å². The van der Waals surface area contributed by atoms with E-state index in [9.17, 15) is 0 Å². The molecule has 0 bridgehead atoms. The molecule has 0 spiro atoms. The van der Waals surface area contributed by atoms with Crippen molar-refractivity contribution in [3.8, 4) is 5.75 Å². The van der Waals surface area contributed by atoms with Crippen molar-refractivity contribution in [2.24, 2.45) is 5.10 Å². The predicted molar refractivity (Wildman–Crippen MR) is 93.7 cm³/mol. The molecule has 1 N–H and O–H groups in total. The lowest BCUT2D eigenvalue weighted by Crippen LogP contribution is -1.93. The van der Waals surface area contributed by atoms with Gasteiger partial charge in [0.15, 0.2) is 0 Å². The molecule has 3 aromatic rings. The number of benzene rings is 2. The normalized spacial score (nSPS) is 11.0. The lowest BCUT2D eigenvalue weighted by molar-refractivity contribution is 0.412. The van der Waals surface area contributed by atoms with Crippen molar-refractivity contribution in [3.63, 3.8) is 0 Å². The molecular formula is C17H14BrN3O. The summed E-state index contributed by atoms with van der Waals surface area (Å²) < 4.78 is 6.10. The minimum atomic E-state index is 0.795. The van der Waals surface area contributed by atoms with E-state index in [2.05, 4.69) is 31.4 Å². The first kappa shape index (κ1) is 14.5. The Morgan fingerprint density at radius 3 is 2.86 bits per heavy atom. The van der Waals surface area contributed by atoms with Gasteiger partial charge < -0.3 is 4.74 Å². The van der Waals surface area contributed by atoms with Crippen molar-refractivity contribution in [2.45, 2.75) is 0 Å². The molecule has 0 saturated carbocycles. The maximum absolute atomic E-state index is 5.21. The topological polar surface area (TPSA) is 46.5 Å². The monoisotopic (exact) mass is 355 g/mol. The van der Waals surface area contributed by atoms with Crippen LogP contribution in [0, 0.1) is 0 Å². The summed E-state index contributed by atoms with van der Waals surface area (Å²) in [6.07, 6.45) is 3.53. The highest BCUT2D eigenvalue weighted by Crippen LogP contribution is 2.25. The Labute approximate surface area is 137 Å². The minimum Gasteiger partial charge on any atom is -0.496 e. The van der Waals surface area contributed by atoms with Crippen LogP contribution in [-0.4, -0.2) is 18.3 Å². The van der Waals surface area contributed by atoms with Crippen molar-refractivity contribution in [3.05, 3.63) is 64.8 Å². The van der Waals surface area contributed by atoms with Gasteiger partial charge in [0.1, 0.15) is 5.75 Å². The predicted octanol–water partition coefficient (Wildman–Crippen LogP) is 4.45. The molecule has 1 aromatic heterocycles. The summed E-state index contributed by atoms with van der Waals surface area (Å²) in [6, 6.07) is 15.7. The van der Waals surface area contributed by atoms with Crippen LogP contribution >= 0.6 is 15.9 Å². The van der Waals surface area contributed by atoms with Crippen LogP contribution in [0.25, 0.3) is 10.9 Å². The quantitative estimate of drug-likeness (QED) is 0.555. The number of hydrazone groups is 1. The van der Waals surface area contributed by atoms with E-state index in [-0.39, 0.29) is 0 Å². The van der Waals surface area contributed by atoms with Gasteiger partial charge in [-0.2, -0.15) is 5.10 Å². The van der Waals surface area contributed by atoms with E-state index in [4.69, 9.17) is 4.74 Å². The fraction of sp³-hybridized carbons (Fsp3) is 0.0588. The van der Waals surface area contributed by atoms with E-state index >= 15 is 0 Å². The molecule has 5 heteroatoms. The van der Waals surface area contributed by atoms with Gasteiger partial charge in [0.25, 0.3) is 0 Å². The third kappa shape index (κ3) is 3.09. The van der Waals surface area contributed by atoms with Gasteiger partial charge in [-0.25, -0.2) is 0 Å². The third-order valence-electron chi connectivity index (χ3n) is 3.21. The number of anilines is 1. The zero-order valence-corrected chi connectivity index (χ0v) is 13.5. The first-order valence-corrected chi connectivity index (χ1v) is 7.53. The van der Waals surface area contributed by atoms with Crippen LogP contribution in [0.2, 0.25) is 0 Å². The minimum absolute atomic E-state index is 0.795. The molecule has 22 heavy (non-hydrogen) atoms. The molecule has 0 aliphatic heterocycles. The van der Waals surface area contributed by atoms with Gasteiger partial charge in [-0.05, 0) is 51.8 Å². The number of para-hydroxylation sites is 1. The Morgan fingerprint density at radius 2 is 2.05 bits per heavy atom. The molecule has 0 atom stereocenters. The van der Waals surface area contributed by atoms with Crippen molar-refractivity contribution in [1.29, 1.82) is 0 Å². The second-order valence-electron chi connectivity index (χ2n) is 4.64. The fourth-order valence-corrected chi connectivity index (χ4v) is 2.69. The molecule has 0 unspecified atom stereocenters. The Balaban J connectivity index is 1.80. The van der Waals surface area contributed by atoms with Crippen LogP contribution in [0.5, 0.6) is 5.75 Å². The molecule has 110 valence electrons. The first-order chi connectivity index (χ1) is 10.8. The number of aromatic nitrogens is 1. The molecule has 0 fully saturated rings. The summed E-state index contributed by atoms with van der Waals surface area (Å²) in [5, 5.41) is 5.36. The third-order valence-corrected chi connectivity index (χ3v) is 3.83. The molecule has 0 amide bonds. The molecule has 2 aromatic carbocycles. The number of methoxy groups -OCH3 is 1. The number of fused-ring (bicyclic) bond motifs is 1. The lowest BCUT2D eigenvalue weighted by atomic mass is 10.2. The standard InChI is InChI=1S/C17H14BrN3O/c1-22-16-8-7-12(10-14(16)18)11-20-21-15-6-2-4-13-5-3-9-19-17(13)15/h2-11,21H,1H3/b20-11+. The first-order valence-electron chi connectivity index (χ1n) is 6.74. The van der Waals surface area contributed by atoms with E-state index in [1.54, 1.807) is 19.5 Å². The number of halogens is 1. The zero-order valence-electron chi connectivity index (χ0n) is 12.0. The van der Waals surface area contributed by atoms with Crippen LogP contribution in [0.4, 0.5) is 5.69 Å². The number of pyridine rings is 1. The van der Waals surface area contributed by atoms with E-state index in [1.165, 1.54) is 0 Å². The smallest absolute Gasteiger partial charge is 0.133 e. The Morgan fingerprint density at radius 1 is 1.18 bits per heavy atom. The van der Waals surface area contributed by atoms with Gasteiger partial charge in [-0.15, -0.1) is 0 Å². The summed E-state index contributed by atoms with van der Waals surface area (Å²) in [7, 11) is 1.64. The Hall–Kier alpha value is -2.40. The molecular weight excluding hydrogens is 342 g/mol. The molecule has 3 rings (SSSR count). The maximum Gasteiger partial charge on any atom is 0.133 e. The Kier molecular flexibility index (Phi) is 4.34. The van der Waals surface area contributed by atoms with Crippen LogP contribution in [0.3, 0.4) is 0 Å². The van der Waals surface area contributed by atoms with E-state index < -0.39 is 0 Å². The number of hydrogen-bond donors (Lipinski definition) is 1. The average molecular weight is 356 g/mol. The summed E-state index contributed by atoms with van der Waals surface area (Å²) in [5.41, 5.74) is 5.79. The highest BCUT2D eigenvalue weighted by Gasteiger charge is 2.01. The van der Waals surface area contributed by atoms with Crippen LogP contribution in [0.1, 0.15) is 5.56 Å². The summed E-state index contributed by atoms with van der Waals surface area (Å²) >= 11 is 3.46. The van der Waals surface area contributed by atoms with Crippen molar-refractivity contribution in [2.75, 3.05) is 12.5 Å². The largest absolute Gasteiger partial charge is 0.496 e. The molecule has 0 saturated heterocycles. The maximum atomic E-state index is 5.21. The number of nitrogens with one attached hydrogen (secondary N) is 1. The second-order valence-corrected chi connectivity index (χ2v) is 5.50. The lowest BCUT2D eigenvalue weighted by Gasteiger charge is -2.05. The van der Waals surface area contributed by atoms with Crippen LogP contribution in [-0.2, 0) is 0 Å². The summed E-state index contributed by atoms with van der Waals surface area (Å²) in [5.74, 6) is 0.795. The number of hydrogen-bond acceptors (Lipinski definition) is 4. The van der Waals surface area contributed by atoms with Crippen molar-refractivity contribution in [1.82, 2.24) is 4.98 Å². The van der Waals surface area contributed by atoms with E-state index in [0.29, 0.717) is 0 Å². The molecule has 4 nitrogen and oxygen atoms in total. The Bertz CT molecular complexity index is 828. The van der Waals surface area contributed by atoms with E-state index in [0.717, 1.165) is 32.4 Å². The van der Waals surface area contributed by atoms with Crippen LogP contribution < -0.4 is 10.2 Å². The van der Waals surface area contributed by atoms with Gasteiger partial charge in [-0.3, -0.25) is 10.4 Å². The summed E-state index contributed by atoms with van der Waals surface area (Å²) in [4.78, 5) is 4.38. The fourth-order valence-electron chi connectivity index (χ4n) is 2.13. The number of ether oxygens (including phenoxy) is 1. The van der Waals surface area contributed by atoms with Gasteiger partial charge in [0, 0.05) is 11.6 Å². The highest BCUT2D eigenvalue weighted by atomic mass is 79.9. The highest BCUT2D eigenvalue weighted by molar-refractivity contribution is 9.10. The van der Waals surface area contributed by atoms with E-state index in [1.807, 2.05) is 48.5 Å². The summed E-state index contributed by atoms with van der Waals surface area (Å²) in [6.45, 7) is 0. The number of rotatable bonds is 4. The zero-order chi connectivity index (χ0) is 15.4. The van der Waals surface area contributed by atoms with Gasteiger partial charge >= 0.3 is 0 Å². The molecule has 1 heterocycles. The number of nitrogens with zero attached hydrogens (tertiary/aromatic N) is 2. The SMILES string of the molecule is COc1ccc(/C=N/Nc2cccc3cccnc23)cc1Br. The van der Waals surface area contributed by atoms with Gasteiger partial charge in [-0.1, -0.05) is 18.2 Å². The molecule has 0 radical (unpaired) electrons. The second kappa shape index (κ2) is 6.58. The molecule has 0 aliphatic carbocycles. The van der Waals surface area contributed by atoms with Crippen molar-refractivity contribution < 1.29 is 4.74 Å².